The lowest BCUT2D eigenvalue weighted by atomic mass is 10.1. The molecule has 1 N–H and O–H groups in total. The lowest BCUT2D eigenvalue weighted by Gasteiger charge is -2.13. The zero-order valence-electron chi connectivity index (χ0n) is 11.6. The van der Waals surface area contributed by atoms with Gasteiger partial charge in [0.25, 0.3) is 5.91 Å². The van der Waals surface area contributed by atoms with Gasteiger partial charge in [-0.1, -0.05) is 36.4 Å². The number of fused-ring (bicyclic) bond motifs is 3. The smallest absolute Gasteiger partial charge is 0.257 e. The highest BCUT2D eigenvalue weighted by Crippen LogP contribution is 2.44. The first-order valence-corrected chi connectivity index (χ1v) is 8.70. The second kappa shape index (κ2) is 5.59. The maximum Gasteiger partial charge on any atom is 0.257 e. The van der Waals surface area contributed by atoms with Crippen molar-refractivity contribution in [1.82, 2.24) is 4.98 Å². The second-order valence-corrected chi connectivity index (χ2v) is 7.00. The topological polar surface area (TPSA) is 42.0 Å². The minimum Gasteiger partial charge on any atom is -0.298 e. The highest BCUT2D eigenvalue weighted by atomic mass is 32.2. The van der Waals surface area contributed by atoms with E-state index < -0.39 is 0 Å². The van der Waals surface area contributed by atoms with E-state index in [1.165, 1.54) is 9.77 Å². The number of nitrogens with zero attached hydrogens (tertiary/aromatic N) is 1. The van der Waals surface area contributed by atoms with Gasteiger partial charge < -0.3 is 0 Å². The third-order valence-corrected chi connectivity index (χ3v) is 5.71. The van der Waals surface area contributed by atoms with Crippen LogP contribution in [0.4, 0.5) is 5.13 Å². The van der Waals surface area contributed by atoms with Crippen LogP contribution in [0.3, 0.4) is 0 Å². The Morgan fingerprint density at radius 1 is 1.05 bits per heavy atom. The zero-order chi connectivity index (χ0) is 14.9. The predicted molar refractivity (Wildman–Crippen MR) is 91.5 cm³/mol. The number of carbonyl (C=O) groups excluding carboxylic acids is 1. The number of rotatable bonds is 2. The normalized spacial score (nSPS) is 12.4. The standard InChI is InChI=1S/C17H12N2OS2/c20-16(11-6-2-1-3-7-11)19-17-18-15-12-8-4-5-9-13(12)21-10-14(15)22-17/h1-9H,10H2,(H,18,19,20). The highest BCUT2D eigenvalue weighted by Gasteiger charge is 2.21. The minimum atomic E-state index is -0.118. The molecule has 0 saturated heterocycles. The fourth-order valence-electron chi connectivity index (χ4n) is 2.40. The molecule has 0 saturated carbocycles. The average molecular weight is 324 g/mol. The SMILES string of the molecule is O=C(Nc1nc2c(s1)CSc1ccccc1-2)c1ccccc1. The minimum absolute atomic E-state index is 0.118. The summed E-state index contributed by atoms with van der Waals surface area (Å²) < 4.78 is 0. The molecule has 3 aromatic rings. The largest absolute Gasteiger partial charge is 0.298 e. The van der Waals surface area contributed by atoms with Crippen molar-refractivity contribution in [2.75, 3.05) is 5.32 Å². The molecular weight excluding hydrogens is 312 g/mol. The average Bonchev–Trinajstić information content (AvgIpc) is 2.98. The van der Waals surface area contributed by atoms with E-state index in [9.17, 15) is 4.79 Å². The molecule has 4 rings (SSSR count). The summed E-state index contributed by atoms with van der Waals surface area (Å²) in [7, 11) is 0. The summed E-state index contributed by atoms with van der Waals surface area (Å²) in [6.07, 6.45) is 0. The summed E-state index contributed by atoms with van der Waals surface area (Å²) in [6.45, 7) is 0. The first-order valence-electron chi connectivity index (χ1n) is 6.89. The third kappa shape index (κ3) is 2.42. The van der Waals surface area contributed by atoms with Crippen LogP contribution in [0, 0.1) is 0 Å². The van der Waals surface area contributed by atoms with E-state index in [0.29, 0.717) is 10.7 Å². The molecule has 3 nitrogen and oxygen atoms in total. The van der Waals surface area contributed by atoms with Gasteiger partial charge in [0.1, 0.15) is 0 Å². The molecule has 108 valence electrons. The van der Waals surface area contributed by atoms with E-state index >= 15 is 0 Å². The van der Waals surface area contributed by atoms with Gasteiger partial charge in [0.15, 0.2) is 5.13 Å². The maximum absolute atomic E-state index is 12.2. The van der Waals surface area contributed by atoms with Gasteiger partial charge >= 0.3 is 0 Å². The van der Waals surface area contributed by atoms with Crippen molar-refractivity contribution in [1.29, 1.82) is 0 Å². The van der Waals surface area contributed by atoms with Gasteiger partial charge in [0.05, 0.1) is 5.69 Å². The fourth-order valence-corrected chi connectivity index (χ4v) is 4.50. The molecule has 0 spiro atoms. The quantitative estimate of drug-likeness (QED) is 0.745. The van der Waals surface area contributed by atoms with Crippen LogP contribution < -0.4 is 5.32 Å². The number of nitrogens with one attached hydrogen (secondary N) is 1. The molecule has 1 aliphatic rings. The Hall–Kier alpha value is -2.11. The van der Waals surface area contributed by atoms with E-state index in [0.717, 1.165) is 17.0 Å². The van der Waals surface area contributed by atoms with Crippen LogP contribution in [0.2, 0.25) is 0 Å². The molecule has 0 radical (unpaired) electrons. The van der Waals surface area contributed by atoms with Crippen LogP contribution in [0.5, 0.6) is 0 Å². The van der Waals surface area contributed by atoms with Crippen LogP contribution in [0.25, 0.3) is 11.3 Å². The van der Waals surface area contributed by atoms with Gasteiger partial charge in [0, 0.05) is 26.7 Å². The Morgan fingerprint density at radius 3 is 2.68 bits per heavy atom. The van der Waals surface area contributed by atoms with Gasteiger partial charge in [-0.15, -0.1) is 23.1 Å². The van der Waals surface area contributed by atoms with Crippen molar-refractivity contribution < 1.29 is 4.79 Å². The summed E-state index contributed by atoms with van der Waals surface area (Å²) in [6, 6.07) is 17.5. The third-order valence-electron chi connectivity index (χ3n) is 3.45. The van der Waals surface area contributed by atoms with Crippen LogP contribution >= 0.6 is 23.1 Å². The van der Waals surface area contributed by atoms with Gasteiger partial charge in [-0.25, -0.2) is 4.98 Å². The Morgan fingerprint density at radius 2 is 1.82 bits per heavy atom. The molecule has 1 aliphatic heterocycles. The Bertz CT molecular complexity index is 843. The van der Waals surface area contributed by atoms with Crippen molar-refractivity contribution in [2.45, 2.75) is 10.6 Å². The van der Waals surface area contributed by atoms with Gasteiger partial charge in [-0.05, 0) is 18.2 Å². The summed E-state index contributed by atoms with van der Waals surface area (Å²) in [5.74, 6) is 0.790. The van der Waals surface area contributed by atoms with Gasteiger partial charge in [0.2, 0.25) is 0 Å². The van der Waals surface area contributed by atoms with E-state index in [4.69, 9.17) is 0 Å². The van der Waals surface area contributed by atoms with Crippen molar-refractivity contribution in [3.05, 3.63) is 65.0 Å². The molecular formula is C17H12N2OS2. The van der Waals surface area contributed by atoms with Crippen molar-refractivity contribution in [3.8, 4) is 11.3 Å². The number of thioether (sulfide) groups is 1. The van der Waals surface area contributed by atoms with Crippen molar-refractivity contribution in [3.63, 3.8) is 0 Å². The van der Waals surface area contributed by atoms with Crippen molar-refractivity contribution >= 4 is 34.1 Å². The second-order valence-electron chi connectivity index (χ2n) is 4.90. The molecule has 0 fully saturated rings. The summed E-state index contributed by atoms with van der Waals surface area (Å²) >= 11 is 3.38. The lowest BCUT2D eigenvalue weighted by molar-refractivity contribution is 0.102. The first kappa shape index (κ1) is 13.5. The summed E-state index contributed by atoms with van der Waals surface area (Å²) in [5, 5.41) is 3.57. The molecule has 22 heavy (non-hydrogen) atoms. The van der Waals surface area contributed by atoms with Gasteiger partial charge in [-0.2, -0.15) is 0 Å². The zero-order valence-corrected chi connectivity index (χ0v) is 13.2. The van der Waals surface area contributed by atoms with E-state index in [2.05, 4.69) is 22.4 Å². The van der Waals surface area contributed by atoms with E-state index in [-0.39, 0.29) is 5.91 Å². The number of hydrogen-bond acceptors (Lipinski definition) is 4. The molecule has 1 amide bonds. The van der Waals surface area contributed by atoms with Crippen LogP contribution in [-0.2, 0) is 5.75 Å². The molecule has 2 heterocycles. The number of thiazole rings is 1. The Kier molecular flexibility index (Phi) is 3.44. The molecule has 5 heteroatoms. The number of aromatic nitrogens is 1. The van der Waals surface area contributed by atoms with Crippen LogP contribution in [0.15, 0.2) is 59.5 Å². The first-order chi connectivity index (χ1) is 10.8. The molecule has 0 unspecified atom stereocenters. The number of hydrogen-bond donors (Lipinski definition) is 1. The number of carbonyl (C=O) groups is 1. The summed E-state index contributed by atoms with van der Waals surface area (Å²) in [4.78, 5) is 19.3. The fraction of sp³-hybridized carbons (Fsp3) is 0.0588. The monoisotopic (exact) mass is 324 g/mol. The van der Waals surface area contributed by atoms with E-state index in [1.807, 2.05) is 42.1 Å². The van der Waals surface area contributed by atoms with Crippen LogP contribution in [-0.4, -0.2) is 10.9 Å². The predicted octanol–water partition coefficient (Wildman–Crippen LogP) is 4.67. The molecule has 2 aromatic carbocycles. The molecule has 0 bridgehead atoms. The van der Waals surface area contributed by atoms with Crippen molar-refractivity contribution in [2.24, 2.45) is 0 Å². The lowest BCUT2D eigenvalue weighted by Crippen LogP contribution is -2.11. The summed E-state index contributed by atoms with van der Waals surface area (Å²) in [5.41, 5.74) is 2.80. The van der Waals surface area contributed by atoms with E-state index in [1.54, 1.807) is 23.5 Å². The highest BCUT2D eigenvalue weighted by molar-refractivity contribution is 7.98. The Balaban J connectivity index is 1.64. The molecule has 0 atom stereocenters. The molecule has 0 aliphatic carbocycles. The number of amides is 1. The number of anilines is 1. The number of benzene rings is 2. The maximum atomic E-state index is 12.2. The Labute approximate surface area is 136 Å². The van der Waals surface area contributed by atoms with Gasteiger partial charge in [-0.3, -0.25) is 10.1 Å². The molecule has 1 aromatic heterocycles. The van der Waals surface area contributed by atoms with Crippen LogP contribution in [0.1, 0.15) is 15.2 Å².